The zero-order chi connectivity index (χ0) is 11.9. The van der Waals surface area contributed by atoms with Gasteiger partial charge in [0.1, 0.15) is 0 Å². The van der Waals surface area contributed by atoms with Crippen molar-refractivity contribution < 1.29 is 5.11 Å². The molecule has 2 saturated heterocycles. The molecule has 0 aliphatic carbocycles. The monoisotopic (exact) mass is 240 g/mol. The number of hydrogen-bond donors (Lipinski definition) is 1. The molecular weight excluding hydrogens is 212 g/mol. The molecule has 2 rings (SSSR count). The van der Waals surface area contributed by atoms with Gasteiger partial charge in [-0.05, 0) is 58.3 Å². The number of rotatable bonds is 6. The van der Waals surface area contributed by atoms with Crippen LogP contribution in [0.1, 0.15) is 44.9 Å². The lowest BCUT2D eigenvalue weighted by Gasteiger charge is -2.25. The van der Waals surface area contributed by atoms with Gasteiger partial charge in [-0.15, -0.1) is 0 Å². The fourth-order valence-corrected chi connectivity index (χ4v) is 3.29. The molecule has 0 aromatic carbocycles. The van der Waals surface area contributed by atoms with Crippen LogP contribution in [0.3, 0.4) is 0 Å². The third-order valence-corrected chi connectivity index (χ3v) is 4.27. The Labute approximate surface area is 106 Å². The molecule has 0 radical (unpaired) electrons. The van der Waals surface area contributed by atoms with Crippen molar-refractivity contribution in [1.82, 2.24) is 9.80 Å². The molecule has 100 valence electrons. The van der Waals surface area contributed by atoms with E-state index in [1.807, 2.05) is 0 Å². The van der Waals surface area contributed by atoms with Gasteiger partial charge in [-0.25, -0.2) is 0 Å². The summed E-state index contributed by atoms with van der Waals surface area (Å²) in [6.45, 7) is 6.91. The fourth-order valence-electron chi connectivity index (χ4n) is 3.29. The Bertz CT molecular complexity index is 210. The number of fused-ring (bicyclic) bond motifs is 1. The van der Waals surface area contributed by atoms with E-state index in [0.717, 1.165) is 12.5 Å². The molecule has 0 bridgehead atoms. The second-order valence-corrected chi connectivity index (χ2v) is 5.62. The Balaban J connectivity index is 1.63. The molecule has 0 amide bonds. The highest BCUT2D eigenvalue weighted by atomic mass is 16.2. The third-order valence-electron chi connectivity index (χ3n) is 4.27. The number of hydrogen-bond acceptors (Lipinski definition) is 3. The van der Waals surface area contributed by atoms with Gasteiger partial charge in [0.15, 0.2) is 0 Å². The second kappa shape index (κ2) is 7.34. The van der Waals surface area contributed by atoms with Crippen LogP contribution in [0.15, 0.2) is 0 Å². The van der Waals surface area contributed by atoms with Crippen LogP contribution in [-0.4, -0.2) is 60.3 Å². The van der Waals surface area contributed by atoms with Crippen LogP contribution in [0.4, 0.5) is 0 Å². The number of nitrogens with zero attached hydrogens (tertiary/aromatic N) is 2. The zero-order valence-corrected chi connectivity index (χ0v) is 11.1. The van der Waals surface area contributed by atoms with Gasteiger partial charge in [0.25, 0.3) is 0 Å². The van der Waals surface area contributed by atoms with E-state index in [2.05, 4.69) is 9.80 Å². The van der Waals surface area contributed by atoms with Crippen LogP contribution >= 0.6 is 0 Å². The van der Waals surface area contributed by atoms with Crippen molar-refractivity contribution >= 4 is 0 Å². The second-order valence-electron chi connectivity index (χ2n) is 5.62. The maximum Gasteiger partial charge on any atom is 0.0431 e. The minimum Gasteiger partial charge on any atom is -0.396 e. The van der Waals surface area contributed by atoms with Crippen molar-refractivity contribution in [2.75, 3.05) is 39.3 Å². The van der Waals surface area contributed by atoms with Gasteiger partial charge in [0, 0.05) is 19.2 Å². The zero-order valence-electron chi connectivity index (χ0n) is 11.1. The predicted octanol–water partition coefficient (Wildman–Crippen LogP) is 1.71. The lowest BCUT2D eigenvalue weighted by Crippen LogP contribution is -2.36. The quantitative estimate of drug-likeness (QED) is 0.716. The molecule has 1 atom stereocenters. The van der Waals surface area contributed by atoms with Gasteiger partial charge in [-0.3, -0.25) is 4.90 Å². The largest absolute Gasteiger partial charge is 0.396 e. The van der Waals surface area contributed by atoms with Crippen molar-refractivity contribution in [3.05, 3.63) is 0 Å². The summed E-state index contributed by atoms with van der Waals surface area (Å²) < 4.78 is 0. The van der Waals surface area contributed by atoms with Crippen LogP contribution in [-0.2, 0) is 0 Å². The van der Waals surface area contributed by atoms with Gasteiger partial charge in [-0.2, -0.15) is 0 Å². The SMILES string of the molecule is OCCCCCCN1CCCN2CCCC2C1. The van der Waals surface area contributed by atoms with Crippen LogP contribution in [0.5, 0.6) is 0 Å². The van der Waals surface area contributed by atoms with E-state index in [1.165, 1.54) is 71.2 Å². The first-order valence-corrected chi connectivity index (χ1v) is 7.47. The molecular formula is C14H28N2O. The standard InChI is InChI=1S/C14H28N2O/c17-12-4-2-1-3-8-15-9-6-11-16-10-5-7-14(16)13-15/h14,17H,1-13H2. The summed E-state index contributed by atoms with van der Waals surface area (Å²) >= 11 is 0. The van der Waals surface area contributed by atoms with E-state index >= 15 is 0 Å². The van der Waals surface area contributed by atoms with Crippen LogP contribution < -0.4 is 0 Å². The maximum absolute atomic E-state index is 8.74. The van der Waals surface area contributed by atoms with Gasteiger partial charge < -0.3 is 10.0 Å². The van der Waals surface area contributed by atoms with Crippen LogP contribution in [0.25, 0.3) is 0 Å². The molecule has 3 heteroatoms. The summed E-state index contributed by atoms with van der Waals surface area (Å²) in [4.78, 5) is 5.38. The average Bonchev–Trinajstić information content (AvgIpc) is 2.68. The smallest absolute Gasteiger partial charge is 0.0431 e. The van der Waals surface area contributed by atoms with E-state index in [4.69, 9.17) is 5.11 Å². The van der Waals surface area contributed by atoms with Crippen LogP contribution in [0, 0.1) is 0 Å². The number of aliphatic hydroxyl groups excluding tert-OH is 1. The Morgan fingerprint density at radius 3 is 2.65 bits per heavy atom. The lowest BCUT2D eigenvalue weighted by atomic mass is 10.1. The van der Waals surface area contributed by atoms with E-state index < -0.39 is 0 Å². The molecule has 2 heterocycles. The molecule has 3 nitrogen and oxygen atoms in total. The molecule has 17 heavy (non-hydrogen) atoms. The molecule has 0 aromatic heterocycles. The van der Waals surface area contributed by atoms with Gasteiger partial charge in [0.2, 0.25) is 0 Å². The van der Waals surface area contributed by atoms with Crippen LogP contribution in [0.2, 0.25) is 0 Å². The molecule has 1 unspecified atom stereocenters. The summed E-state index contributed by atoms with van der Waals surface area (Å²) in [6.07, 6.45) is 8.96. The van der Waals surface area contributed by atoms with Crippen molar-refractivity contribution in [2.45, 2.75) is 51.0 Å². The summed E-state index contributed by atoms with van der Waals surface area (Å²) in [7, 11) is 0. The van der Waals surface area contributed by atoms with Gasteiger partial charge in [0.05, 0.1) is 0 Å². The molecule has 2 aliphatic rings. The summed E-state index contributed by atoms with van der Waals surface area (Å²) in [5.41, 5.74) is 0. The first-order valence-electron chi connectivity index (χ1n) is 7.47. The number of aliphatic hydroxyl groups is 1. The minimum atomic E-state index is 0.362. The summed E-state index contributed by atoms with van der Waals surface area (Å²) in [5.74, 6) is 0. The van der Waals surface area contributed by atoms with Crippen molar-refractivity contribution in [1.29, 1.82) is 0 Å². The highest BCUT2D eigenvalue weighted by Crippen LogP contribution is 2.21. The van der Waals surface area contributed by atoms with E-state index in [-0.39, 0.29) is 0 Å². The average molecular weight is 240 g/mol. The molecule has 1 N–H and O–H groups in total. The summed E-state index contributed by atoms with van der Waals surface area (Å²) in [6, 6.07) is 0.856. The fraction of sp³-hybridized carbons (Fsp3) is 1.00. The van der Waals surface area contributed by atoms with E-state index in [0.29, 0.717) is 6.61 Å². The molecule has 2 fully saturated rings. The summed E-state index contributed by atoms with van der Waals surface area (Å²) in [5, 5.41) is 8.74. The molecule has 0 spiro atoms. The van der Waals surface area contributed by atoms with Crippen molar-refractivity contribution in [3.8, 4) is 0 Å². The first-order chi connectivity index (χ1) is 8.40. The van der Waals surface area contributed by atoms with Gasteiger partial charge >= 0.3 is 0 Å². The Morgan fingerprint density at radius 1 is 0.941 bits per heavy atom. The topological polar surface area (TPSA) is 26.7 Å². The Morgan fingerprint density at radius 2 is 1.76 bits per heavy atom. The predicted molar refractivity (Wildman–Crippen MR) is 71.2 cm³/mol. The number of unbranched alkanes of at least 4 members (excludes halogenated alkanes) is 3. The van der Waals surface area contributed by atoms with E-state index in [1.54, 1.807) is 0 Å². The third kappa shape index (κ3) is 4.23. The van der Waals surface area contributed by atoms with Gasteiger partial charge in [-0.1, -0.05) is 12.8 Å². The lowest BCUT2D eigenvalue weighted by molar-refractivity contribution is 0.216. The Hall–Kier alpha value is -0.120. The maximum atomic E-state index is 8.74. The minimum absolute atomic E-state index is 0.362. The van der Waals surface area contributed by atoms with Crippen molar-refractivity contribution in [3.63, 3.8) is 0 Å². The van der Waals surface area contributed by atoms with E-state index in [9.17, 15) is 0 Å². The highest BCUT2D eigenvalue weighted by Gasteiger charge is 2.28. The highest BCUT2D eigenvalue weighted by molar-refractivity contribution is 4.84. The normalized spacial score (nSPS) is 27.0. The van der Waals surface area contributed by atoms with Crippen molar-refractivity contribution in [2.24, 2.45) is 0 Å². The molecule has 0 aromatic rings. The first kappa shape index (κ1) is 13.3. The molecule has 2 aliphatic heterocycles. The molecule has 0 saturated carbocycles. The Kier molecular flexibility index (Phi) is 5.75.